The molecule has 0 bridgehead atoms. The SMILES string of the molecule is CC(C)NC(=O)CCNC1CCC(=O)NC1. The number of amides is 2. The molecule has 0 saturated carbocycles. The van der Waals surface area contributed by atoms with Gasteiger partial charge in [0.15, 0.2) is 0 Å². The molecule has 3 N–H and O–H groups in total. The standard InChI is InChI=1S/C11H21N3O2/c1-8(2)14-11(16)5-6-12-9-3-4-10(15)13-7-9/h8-9,12H,3-7H2,1-2H3,(H,13,15)(H,14,16). The average Bonchev–Trinajstić information content (AvgIpc) is 2.20. The lowest BCUT2D eigenvalue weighted by Crippen LogP contribution is -2.46. The van der Waals surface area contributed by atoms with E-state index in [9.17, 15) is 9.59 Å². The van der Waals surface area contributed by atoms with Crippen LogP contribution < -0.4 is 16.0 Å². The molecule has 0 aromatic heterocycles. The largest absolute Gasteiger partial charge is 0.355 e. The number of carbonyl (C=O) groups is 2. The molecule has 1 atom stereocenters. The van der Waals surface area contributed by atoms with Crippen molar-refractivity contribution in [3.05, 3.63) is 0 Å². The Morgan fingerprint density at radius 1 is 1.56 bits per heavy atom. The Kier molecular flexibility index (Phi) is 5.25. The second-order valence-electron chi connectivity index (χ2n) is 4.47. The van der Waals surface area contributed by atoms with E-state index in [0.29, 0.717) is 32.0 Å². The van der Waals surface area contributed by atoms with Crippen LogP contribution in [0, 0.1) is 0 Å². The maximum atomic E-state index is 11.3. The highest BCUT2D eigenvalue weighted by atomic mass is 16.2. The van der Waals surface area contributed by atoms with Crippen LogP contribution in [-0.2, 0) is 9.59 Å². The van der Waals surface area contributed by atoms with Crippen molar-refractivity contribution in [3.63, 3.8) is 0 Å². The van der Waals surface area contributed by atoms with Crippen molar-refractivity contribution in [2.75, 3.05) is 13.1 Å². The van der Waals surface area contributed by atoms with E-state index in [1.165, 1.54) is 0 Å². The van der Waals surface area contributed by atoms with Crippen molar-refractivity contribution in [2.24, 2.45) is 0 Å². The summed E-state index contributed by atoms with van der Waals surface area (Å²) in [6, 6.07) is 0.506. The van der Waals surface area contributed by atoms with Crippen molar-refractivity contribution >= 4 is 11.8 Å². The zero-order valence-electron chi connectivity index (χ0n) is 10.0. The molecule has 92 valence electrons. The zero-order chi connectivity index (χ0) is 12.0. The van der Waals surface area contributed by atoms with Crippen LogP contribution in [-0.4, -0.2) is 37.0 Å². The Balaban J connectivity index is 2.07. The predicted molar refractivity (Wildman–Crippen MR) is 61.9 cm³/mol. The van der Waals surface area contributed by atoms with Gasteiger partial charge >= 0.3 is 0 Å². The maximum absolute atomic E-state index is 11.3. The summed E-state index contributed by atoms with van der Waals surface area (Å²) in [6.45, 7) is 5.23. The summed E-state index contributed by atoms with van der Waals surface area (Å²) >= 11 is 0. The first kappa shape index (κ1) is 13.0. The Hall–Kier alpha value is -1.10. The van der Waals surface area contributed by atoms with Crippen molar-refractivity contribution in [3.8, 4) is 0 Å². The Bertz CT molecular complexity index is 244. The van der Waals surface area contributed by atoms with E-state index in [1.807, 2.05) is 13.8 Å². The molecule has 1 aliphatic rings. The molecule has 0 aromatic carbocycles. The second kappa shape index (κ2) is 6.48. The highest BCUT2D eigenvalue weighted by molar-refractivity contribution is 5.77. The highest BCUT2D eigenvalue weighted by Gasteiger charge is 2.17. The number of rotatable bonds is 5. The smallest absolute Gasteiger partial charge is 0.221 e. The number of carbonyl (C=O) groups excluding carboxylic acids is 2. The van der Waals surface area contributed by atoms with E-state index in [1.54, 1.807) is 0 Å². The third kappa shape index (κ3) is 5.11. The third-order valence-corrected chi connectivity index (χ3v) is 2.50. The van der Waals surface area contributed by atoms with Crippen molar-refractivity contribution < 1.29 is 9.59 Å². The molecular formula is C11H21N3O2. The van der Waals surface area contributed by atoms with Crippen LogP contribution in [0.15, 0.2) is 0 Å². The quantitative estimate of drug-likeness (QED) is 0.607. The molecule has 1 aliphatic heterocycles. The van der Waals surface area contributed by atoms with Crippen LogP contribution >= 0.6 is 0 Å². The first-order valence-electron chi connectivity index (χ1n) is 5.87. The lowest BCUT2D eigenvalue weighted by molar-refractivity contribution is -0.123. The topological polar surface area (TPSA) is 70.2 Å². The van der Waals surface area contributed by atoms with Gasteiger partial charge in [0, 0.05) is 38.0 Å². The average molecular weight is 227 g/mol. The van der Waals surface area contributed by atoms with E-state index in [0.717, 1.165) is 6.42 Å². The zero-order valence-corrected chi connectivity index (χ0v) is 10.0. The van der Waals surface area contributed by atoms with E-state index >= 15 is 0 Å². The lowest BCUT2D eigenvalue weighted by Gasteiger charge is -2.23. The Morgan fingerprint density at radius 3 is 2.88 bits per heavy atom. The van der Waals surface area contributed by atoms with Crippen LogP contribution in [0.3, 0.4) is 0 Å². The van der Waals surface area contributed by atoms with Gasteiger partial charge < -0.3 is 16.0 Å². The van der Waals surface area contributed by atoms with Gasteiger partial charge in [-0.2, -0.15) is 0 Å². The fraction of sp³-hybridized carbons (Fsp3) is 0.818. The summed E-state index contributed by atoms with van der Waals surface area (Å²) in [5.74, 6) is 0.193. The van der Waals surface area contributed by atoms with Gasteiger partial charge in [-0.05, 0) is 20.3 Å². The fourth-order valence-electron chi connectivity index (χ4n) is 1.69. The van der Waals surface area contributed by atoms with Crippen LogP contribution in [0.5, 0.6) is 0 Å². The summed E-state index contributed by atoms with van der Waals surface area (Å²) in [5, 5.41) is 8.91. The van der Waals surface area contributed by atoms with Crippen molar-refractivity contribution in [1.82, 2.24) is 16.0 Å². The molecule has 1 rings (SSSR count). The number of nitrogens with one attached hydrogen (secondary N) is 3. The molecule has 0 spiro atoms. The molecule has 1 unspecified atom stereocenters. The summed E-state index contributed by atoms with van der Waals surface area (Å²) in [5.41, 5.74) is 0. The molecule has 1 fully saturated rings. The van der Waals surface area contributed by atoms with E-state index in [2.05, 4.69) is 16.0 Å². The van der Waals surface area contributed by atoms with Crippen LogP contribution in [0.4, 0.5) is 0 Å². The minimum absolute atomic E-state index is 0.0716. The molecule has 0 aromatic rings. The molecule has 0 aliphatic carbocycles. The molecule has 2 amide bonds. The van der Waals surface area contributed by atoms with Crippen LogP contribution in [0.2, 0.25) is 0 Å². The van der Waals surface area contributed by atoms with Gasteiger partial charge in [-0.25, -0.2) is 0 Å². The Labute approximate surface area is 96.4 Å². The lowest BCUT2D eigenvalue weighted by atomic mass is 10.1. The molecule has 1 saturated heterocycles. The molecule has 0 radical (unpaired) electrons. The van der Waals surface area contributed by atoms with Gasteiger partial charge in [0.2, 0.25) is 11.8 Å². The normalized spacial score (nSPS) is 20.7. The number of piperidine rings is 1. The summed E-state index contributed by atoms with van der Waals surface area (Å²) in [6.07, 6.45) is 1.93. The van der Waals surface area contributed by atoms with Gasteiger partial charge in [-0.15, -0.1) is 0 Å². The first-order chi connectivity index (χ1) is 7.58. The van der Waals surface area contributed by atoms with Gasteiger partial charge in [-0.1, -0.05) is 0 Å². The minimum Gasteiger partial charge on any atom is -0.355 e. The van der Waals surface area contributed by atoms with Crippen LogP contribution in [0.25, 0.3) is 0 Å². The van der Waals surface area contributed by atoms with Crippen LogP contribution in [0.1, 0.15) is 33.1 Å². The fourth-order valence-corrected chi connectivity index (χ4v) is 1.69. The Morgan fingerprint density at radius 2 is 2.31 bits per heavy atom. The van der Waals surface area contributed by atoms with Crippen molar-refractivity contribution in [2.45, 2.75) is 45.2 Å². The maximum Gasteiger partial charge on any atom is 0.221 e. The third-order valence-electron chi connectivity index (χ3n) is 2.50. The van der Waals surface area contributed by atoms with E-state index < -0.39 is 0 Å². The molecule has 5 nitrogen and oxygen atoms in total. The second-order valence-corrected chi connectivity index (χ2v) is 4.47. The monoisotopic (exact) mass is 227 g/mol. The summed E-state index contributed by atoms with van der Waals surface area (Å²) in [7, 11) is 0. The van der Waals surface area contributed by atoms with Gasteiger partial charge in [0.25, 0.3) is 0 Å². The molecule has 5 heteroatoms. The van der Waals surface area contributed by atoms with Crippen molar-refractivity contribution in [1.29, 1.82) is 0 Å². The first-order valence-corrected chi connectivity index (χ1v) is 5.87. The summed E-state index contributed by atoms with van der Waals surface area (Å²) in [4.78, 5) is 22.2. The van der Waals surface area contributed by atoms with E-state index in [4.69, 9.17) is 0 Å². The van der Waals surface area contributed by atoms with Gasteiger partial charge in [-0.3, -0.25) is 9.59 Å². The van der Waals surface area contributed by atoms with Gasteiger partial charge in [0.1, 0.15) is 0 Å². The molecular weight excluding hydrogens is 206 g/mol. The van der Waals surface area contributed by atoms with E-state index in [-0.39, 0.29) is 17.9 Å². The van der Waals surface area contributed by atoms with Gasteiger partial charge in [0.05, 0.1) is 0 Å². The molecule has 16 heavy (non-hydrogen) atoms. The number of hydrogen-bond donors (Lipinski definition) is 3. The molecule has 1 heterocycles. The number of hydrogen-bond acceptors (Lipinski definition) is 3. The highest BCUT2D eigenvalue weighted by Crippen LogP contribution is 2.02. The minimum atomic E-state index is 0.0716. The predicted octanol–water partition coefficient (Wildman–Crippen LogP) is -0.231. The summed E-state index contributed by atoms with van der Waals surface area (Å²) < 4.78 is 0.